The van der Waals surface area contributed by atoms with E-state index < -0.39 is 0 Å². The van der Waals surface area contributed by atoms with Gasteiger partial charge in [-0.05, 0) is 66.9 Å². The SMILES string of the molecule is O=C(Nc1ccc(C2=CCNCC2)c(Cl)c1)c1ccc(C2=CCNCC2)s1. The van der Waals surface area contributed by atoms with Crippen molar-refractivity contribution in [1.29, 1.82) is 0 Å². The summed E-state index contributed by atoms with van der Waals surface area (Å²) in [4.78, 5) is 14.5. The Morgan fingerprint density at radius 1 is 1.00 bits per heavy atom. The van der Waals surface area contributed by atoms with Crippen LogP contribution in [0.3, 0.4) is 0 Å². The van der Waals surface area contributed by atoms with Crippen molar-refractivity contribution in [2.75, 3.05) is 31.5 Å². The highest BCUT2D eigenvalue weighted by Crippen LogP contribution is 2.31. The molecule has 1 aromatic heterocycles. The molecule has 6 heteroatoms. The van der Waals surface area contributed by atoms with E-state index in [2.05, 4.69) is 28.1 Å². The molecule has 4 nitrogen and oxygen atoms in total. The summed E-state index contributed by atoms with van der Waals surface area (Å²) in [5.74, 6) is -0.0920. The Hall–Kier alpha value is -1.92. The first-order chi connectivity index (χ1) is 13.2. The summed E-state index contributed by atoms with van der Waals surface area (Å²) in [6.07, 6.45) is 6.34. The lowest BCUT2D eigenvalue weighted by molar-refractivity contribution is 0.103. The van der Waals surface area contributed by atoms with E-state index in [1.807, 2.05) is 30.3 Å². The van der Waals surface area contributed by atoms with Crippen LogP contribution in [0.25, 0.3) is 11.1 Å². The molecule has 140 valence electrons. The number of nitrogens with one attached hydrogen (secondary N) is 3. The largest absolute Gasteiger partial charge is 0.321 e. The highest BCUT2D eigenvalue weighted by atomic mass is 35.5. The van der Waals surface area contributed by atoms with Gasteiger partial charge in [-0.15, -0.1) is 11.3 Å². The van der Waals surface area contributed by atoms with Crippen molar-refractivity contribution in [2.24, 2.45) is 0 Å². The van der Waals surface area contributed by atoms with Gasteiger partial charge in [0.05, 0.1) is 9.90 Å². The van der Waals surface area contributed by atoms with Gasteiger partial charge in [-0.25, -0.2) is 0 Å². The first-order valence-electron chi connectivity index (χ1n) is 9.22. The highest BCUT2D eigenvalue weighted by molar-refractivity contribution is 7.15. The minimum atomic E-state index is -0.0920. The summed E-state index contributed by atoms with van der Waals surface area (Å²) in [5, 5.41) is 10.3. The first kappa shape index (κ1) is 18.4. The van der Waals surface area contributed by atoms with Gasteiger partial charge in [-0.2, -0.15) is 0 Å². The van der Waals surface area contributed by atoms with E-state index in [4.69, 9.17) is 11.6 Å². The highest BCUT2D eigenvalue weighted by Gasteiger charge is 2.15. The molecule has 0 saturated heterocycles. The molecule has 3 heterocycles. The molecule has 3 N–H and O–H groups in total. The minimum absolute atomic E-state index is 0.0920. The first-order valence-corrected chi connectivity index (χ1v) is 10.4. The average molecular weight is 400 g/mol. The molecule has 2 aliphatic rings. The molecule has 0 bridgehead atoms. The zero-order valence-electron chi connectivity index (χ0n) is 15.0. The lowest BCUT2D eigenvalue weighted by atomic mass is 10.00. The topological polar surface area (TPSA) is 53.2 Å². The quantitative estimate of drug-likeness (QED) is 0.713. The van der Waals surface area contributed by atoms with Gasteiger partial charge >= 0.3 is 0 Å². The van der Waals surface area contributed by atoms with Crippen molar-refractivity contribution in [1.82, 2.24) is 10.6 Å². The average Bonchev–Trinajstić information content (AvgIpc) is 3.20. The standard InChI is InChI=1S/C21H22ClN3OS/c22-18-13-16(1-2-17(18)14-5-9-23-10-6-14)25-21(26)20-4-3-19(27-20)15-7-11-24-12-8-15/h1-5,7,13,23-24H,6,8-12H2,(H,25,26). The van der Waals surface area contributed by atoms with Crippen LogP contribution < -0.4 is 16.0 Å². The van der Waals surface area contributed by atoms with E-state index in [0.29, 0.717) is 9.90 Å². The zero-order valence-corrected chi connectivity index (χ0v) is 16.6. The number of anilines is 1. The Morgan fingerprint density at radius 2 is 1.74 bits per heavy atom. The van der Waals surface area contributed by atoms with Gasteiger partial charge in [-0.1, -0.05) is 29.8 Å². The second-order valence-electron chi connectivity index (χ2n) is 6.68. The van der Waals surface area contributed by atoms with Crippen molar-refractivity contribution in [3.8, 4) is 0 Å². The van der Waals surface area contributed by atoms with Crippen LogP contribution in [0.1, 0.15) is 33.0 Å². The molecule has 0 radical (unpaired) electrons. The molecule has 0 atom stereocenters. The van der Waals surface area contributed by atoms with Crippen LogP contribution in [-0.4, -0.2) is 32.1 Å². The van der Waals surface area contributed by atoms with E-state index >= 15 is 0 Å². The van der Waals surface area contributed by atoms with E-state index in [-0.39, 0.29) is 5.91 Å². The lowest BCUT2D eigenvalue weighted by Crippen LogP contribution is -2.20. The Balaban J connectivity index is 1.46. The number of rotatable bonds is 4. The summed E-state index contributed by atoms with van der Waals surface area (Å²) in [6.45, 7) is 3.72. The number of carbonyl (C=O) groups is 1. The maximum absolute atomic E-state index is 12.6. The number of hydrogen-bond donors (Lipinski definition) is 3. The summed E-state index contributed by atoms with van der Waals surface area (Å²) in [7, 11) is 0. The summed E-state index contributed by atoms with van der Waals surface area (Å²) in [6, 6.07) is 9.69. The number of hydrogen-bond acceptors (Lipinski definition) is 4. The minimum Gasteiger partial charge on any atom is -0.321 e. The van der Waals surface area contributed by atoms with Gasteiger partial charge in [0.2, 0.25) is 0 Å². The molecule has 2 aliphatic heterocycles. The second kappa shape index (κ2) is 8.40. The summed E-state index contributed by atoms with van der Waals surface area (Å²) < 4.78 is 0. The fraction of sp³-hybridized carbons (Fsp3) is 0.286. The van der Waals surface area contributed by atoms with Gasteiger partial charge in [0, 0.05) is 23.7 Å². The van der Waals surface area contributed by atoms with Crippen molar-refractivity contribution in [3.05, 3.63) is 62.8 Å². The van der Waals surface area contributed by atoms with Crippen LogP contribution in [0.2, 0.25) is 5.02 Å². The molecule has 0 fully saturated rings. The molecule has 0 unspecified atom stereocenters. The van der Waals surface area contributed by atoms with E-state index in [0.717, 1.165) is 50.3 Å². The van der Waals surface area contributed by atoms with Crippen LogP contribution in [0, 0.1) is 0 Å². The van der Waals surface area contributed by atoms with Gasteiger partial charge in [0.25, 0.3) is 5.91 Å². The lowest BCUT2D eigenvalue weighted by Gasteiger charge is -2.16. The molecule has 2 aromatic rings. The van der Waals surface area contributed by atoms with Crippen molar-refractivity contribution < 1.29 is 4.79 Å². The number of thiophene rings is 1. The predicted octanol–water partition coefficient (Wildman–Crippen LogP) is 4.41. The van der Waals surface area contributed by atoms with Crippen LogP contribution in [0.15, 0.2) is 42.5 Å². The molecule has 0 saturated carbocycles. The van der Waals surface area contributed by atoms with Crippen LogP contribution in [0.4, 0.5) is 5.69 Å². The maximum atomic E-state index is 12.6. The predicted molar refractivity (Wildman–Crippen MR) is 115 cm³/mol. The third kappa shape index (κ3) is 4.33. The molecular formula is C21H22ClN3OS. The van der Waals surface area contributed by atoms with Crippen molar-refractivity contribution >= 4 is 45.7 Å². The number of benzene rings is 1. The van der Waals surface area contributed by atoms with Crippen molar-refractivity contribution in [2.45, 2.75) is 12.8 Å². The van der Waals surface area contributed by atoms with E-state index in [1.165, 1.54) is 27.4 Å². The molecule has 4 rings (SSSR count). The Kier molecular flexibility index (Phi) is 5.74. The third-order valence-electron chi connectivity index (χ3n) is 4.85. The molecule has 27 heavy (non-hydrogen) atoms. The molecule has 0 spiro atoms. The number of amides is 1. The normalized spacial score (nSPS) is 17.2. The van der Waals surface area contributed by atoms with Crippen LogP contribution >= 0.6 is 22.9 Å². The van der Waals surface area contributed by atoms with Crippen LogP contribution in [0.5, 0.6) is 0 Å². The Labute approximate surface area is 168 Å². The zero-order chi connectivity index (χ0) is 18.6. The van der Waals surface area contributed by atoms with Crippen molar-refractivity contribution in [3.63, 3.8) is 0 Å². The van der Waals surface area contributed by atoms with Gasteiger partial charge < -0.3 is 16.0 Å². The summed E-state index contributed by atoms with van der Waals surface area (Å²) >= 11 is 8.01. The Morgan fingerprint density at radius 3 is 2.41 bits per heavy atom. The summed E-state index contributed by atoms with van der Waals surface area (Å²) in [5.41, 5.74) is 4.35. The smallest absolute Gasteiger partial charge is 0.265 e. The molecule has 0 aliphatic carbocycles. The van der Waals surface area contributed by atoms with Gasteiger partial charge in [0.15, 0.2) is 0 Å². The molecular weight excluding hydrogens is 378 g/mol. The third-order valence-corrected chi connectivity index (χ3v) is 6.32. The number of carbonyl (C=O) groups excluding carboxylic acids is 1. The Bertz CT molecular complexity index is 916. The second-order valence-corrected chi connectivity index (χ2v) is 8.17. The fourth-order valence-electron chi connectivity index (χ4n) is 3.39. The monoisotopic (exact) mass is 399 g/mol. The van der Waals surface area contributed by atoms with Gasteiger partial charge in [-0.3, -0.25) is 4.79 Å². The fourth-order valence-corrected chi connectivity index (χ4v) is 4.66. The molecule has 1 aromatic carbocycles. The molecule has 1 amide bonds. The maximum Gasteiger partial charge on any atom is 0.265 e. The van der Waals surface area contributed by atoms with Gasteiger partial charge in [0.1, 0.15) is 0 Å². The number of halogens is 1. The van der Waals surface area contributed by atoms with E-state index in [1.54, 1.807) is 0 Å². The van der Waals surface area contributed by atoms with Crippen LogP contribution in [-0.2, 0) is 0 Å². The van der Waals surface area contributed by atoms with E-state index in [9.17, 15) is 4.79 Å².